The first-order chi connectivity index (χ1) is 4.09. The third-order valence-electron chi connectivity index (χ3n) is 0.626. The van der Waals surface area contributed by atoms with Crippen molar-refractivity contribution in [1.82, 2.24) is 0 Å². The zero-order chi connectivity index (χ0) is 7.44. The molecule has 0 aromatic carbocycles. The molecular weight excluding hydrogens is 130 g/mol. The van der Waals surface area contributed by atoms with E-state index < -0.39 is 17.1 Å². The Morgan fingerprint density at radius 3 is 2.33 bits per heavy atom. The molecule has 6 heteroatoms. The zero-order valence-corrected chi connectivity index (χ0v) is 4.60. The molecule has 1 atom stereocenters. The van der Waals surface area contributed by atoms with Crippen LogP contribution in [0.2, 0.25) is 0 Å². The quantitative estimate of drug-likeness (QED) is 0.314. The van der Waals surface area contributed by atoms with E-state index in [1.165, 1.54) is 0 Å². The van der Waals surface area contributed by atoms with E-state index in [1.807, 2.05) is 0 Å². The second-order valence-corrected chi connectivity index (χ2v) is 1.21. The maximum atomic E-state index is 9.81. The van der Waals surface area contributed by atoms with Gasteiger partial charge in [0, 0.05) is 7.11 Å². The highest BCUT2D eigenvalue weighted by molar-refractivity contribution is 5.70. The normalized spacial score (nSPS) is 12.6. The van der Waals surface area contributed by atoms with Gasteiger partial charge in [-0.05, 0) is 0 Å². The number of methoxy groups -OCH3 is 1. The average Bonchev–Trinajstić information content (AvgIpc) is 1.64. The van der Waals surface area contributed by atoms with Crippen molar-refractivity contribution in [3.8, 4) is 0 Å². The molecule has 0 spiro atoms. The van der Waals surface area contributed by atoms with E-state index >= 15 is 0 Å². The van der Waals surface area contributed by atoms with Crippen molar-refractivity contribution in [3.05, 3.63) is 10.1 Å². The molecular formula is C3H5NO5. The van der Waals surface area contributed by atoms with E-state index in [9.17, 15) is 14.9 Å². The number of ether oxygens (including phenoxy) is 1. The molecule has 0 bridgehead atoms. The highest BCUT2D eigenvalue weighted by atomic mass is 16.7. The molecule has 0 aliphatic carbocycles. The summed E-state index contributed by atoms with van der Waals surface area (Å²) in [5.74, 6) is -1.59. The van der Waals surface area contributed by atoms with Crippen molar-refractivity contribution >= 4 is 5.97 Å². The summed E-state index contributed by atoms with van der Waals surface area (Å²) in [7, 11) is 0.960. The average molecular weight is 135 g/mol. The summed E-state index contributed by atoms with van der Waals surface area (Å²) < 4.78 is 3.97. The van der Waals surface area contributed by atoms with Crippen molar-refractivity contribution in [2.24, 2.45) is 0 Å². The van der Waals surface area contributed by atoms with Gasteiger partial charge in [0.15, 0.2) is 0 Å². The molecule has 1 N–H and O–H groups in total. The van der Waals surface area contributed by atoms with Gasteiger partial charge in [-0.3, -0.25) is 10.1 Å². The van der Waals surface area contributed by atoms with Gasteiger partial charge < -0.3 is 9.84 Å². The van der Waals surface area contributed by atoms with Gasteiger partial charge in [0.2, 0.25) is 0 Å². The second kappa shape index (κ2) is 2.98. The number of rotatable bonds is 3. The van der Waals surface area contributed by atoms with Crippen molar-refractivity contribution in [2.45, 2.75) is 6.23 Å². The molecule has 0 fully saturated rings. The summed E-state index contributed by atoms with van der Waals surface area (Å²) in [6.45, 7) is 0. The minimum atomic E-state index is -1.94. The van der Waals surface area contributed by atoms with Crippen molar-refractivity contribution in [2.75, 3.05) is 7.11 Å². The predicted molar refractivity (Wildman–Crippen MR) is 25.4 cm³/mol. The maximum Gasteiger partial charge on any atom is 0.412 e. The van der Waals surface area contributed by atoms with Crippen molar-refractivity contribution in [3.63, 3.8) is 0 Å². The van der Waals surface area contributed by atoms with Crippen LogP contribution < -0.4 is 0 Å². The fourth-order valence-electron chi connectivity index (χ4n) is 0.277. The van der Waals surface area contributed by atoms with Gasteiger partial charge in [-0.2, -0.15) is 0 Å². The Labute approximate surface area is 50.2 Å². The highest BCUT2D eigenvalue weighted by Gasteiger charge is 2.27. The predicted octanol–water partition coefficient (Wildman–Crippen LogP) is -0.680. The summed E-state index contributed by atoms with van der Waals surface area (Å²) in [5.41, 5.74) is 0. The Hall–Kier alpha value is -1.17. The number of carboxylic acids is 1. The lowest BCUT2D eigenvalue weighted by atomic mass is 10.6. The van der Waals surface area contributed by atoms with Gasteiger partial charge in [-0.1, -0.05) is 0 Å². The number of carbonyl (C=O) groups is 1. The lowest BCUT2D eigenvalue weighted by Gasteiger charge is -1.98. The number of nitro groups is 1. The van der Waals surface area contributed by atoms with E-state index in [-0.39, 0.29) is 0 Å². The smallest absolute Gasteiger partial charge is 0.412 e. The molecule has 0 saturated heterocycles. The van der Waals surface area contributed by atoms with Crippen LogP contribution in [0.5, 0.6) is 0 Å². The van der Waals surface area contributed by atoms with Gasteiger partial charge >= 0.3 is 12.2 Å². The van der Waals surface area contributed by atoms with Crippen molar-refractivity contribution in [1.29, 1.82) is 0 Å². The van der Waals surface area contributed by atoms with E-state index in [1.54, 1.807) is 0 Å². The Morgan fingerprint density at radius 2 is 2.33 bits per heavy atom. The number of aliphatic carboxylic acids is 1. The lowest BCUT2D eigenvalue weighted by Crippen LogP contribution is -2.30. The molecule has 0 aliphatic rings. The molecule has 0 aliphatic heterocycles. The summed E-state index contributed by atoms with van der Waals surface area (Å²) in [6.07, 6.45) is -1.94. The fourth-order valence-corrected chi connectivity index (χ4v) is 0.277. The van der Waals surface area contributed by atoms with Crippen LogP contribution in [0.25, 0.3) is 0 Å². The molecule has 9 heavy (non-hydrogen) atoms. The SMILES string of the molecule is COC(C(=O)O)[N+](=O)[O-]. The zero-order valence-electron chi connectivity index (χ0n) is 4.60. The molecule has 0 aromatic rings. The summed E-state index contributed by atoms with van der Waals surface area (Å²) in [4.78, 5) is 18.5. The third-order valence-corrected chi connectivity index (χ3v) is 0.626. The minimum Gasteiger partial charge on any atom is -0.474 e. The topological polar surface area (TPSA) is 89.7 Å². The van der Waals surface area contributed by atoms with Crippen LogP contribution in [-0.4, -0.2) is 29.3 Å². The Morgan fingerprint density at radius 1 is 1.89 bits per heavy atom. The minimum absolute atomic E-state index is 0.960. The first kappa shape index (κ1) is 7.83. The van der Waals surface area contributed by atoms with Crippen LogP contribution in [0.3, 0.4) is 0 Å². The highest BCUT2D eigenvalue weighted by Crippen LogP contribution is 1.88. The molecule has 0 radical (unpaired) electrons. The van der Waals surface area contributed by atoms with E-state index in [4.69, 9.17) is 5.11 Å². The maximum absolute atomic E-state index is 9.81. The molecule has 1 unspecified atom stereocenters. The van der Waals surface area contributed by atoms with Crippen molar-refractivity contribution < 1.29 is 19.6 Å². The lowest BCUT2D eigenvalue weighted by molar-refractivity contribution is -0.558. The molecule has 0 aromatic heterocycles. The first-order valence-corrected chi connectivity index (χ1v) is 1.98. The van der Waals surface area contributed by atoms with Gasteiger partial charge in [-0.15, -0.1) is 0 Å². The van der Waals surface area contributed by atoms with Gasteiger partial charge in [-0.25, -0.2) is 4.79 Å². The first-order valence-electron chi connectivity index (χ1n) is 1.98. The largest absolute Gasteiger partial charge is 0.474 e. The fraction of sp³-hybridized carbons (Fsp3) is 0.667. The monoisotopic (exact) mass is 135 g/mol. The summed E-state index contributed by atoms with van der Waals surface area (Å²) in [6, 6.07) is 0. The molecule has 0 saturated carbocycles. The van der Waals surface area contributed by atoms with E-state index in [0.717, 1.165) is 7.11 Å². The molecule has 6 nitrogen and oxygen atoms in total. The summed E-state index contributed by atoms with van der Waals surface area (Å²) >= 11 is 0. The number of hydrogen-bond acceptors (Lipinski definition) is 4. The standard InChI is InChI=1S/C3H5NO5/c1-9-2(3(5)6)4(7)8/h2H,1H3,(H,5,6). The van der Waals surface area contributed by atoms with Crippen LogP contribution in [-0.2, 0) is 9.53 Å². The Balaban J connectivity index is 3.99. The van der Waals surface area contributed by atoms with Crippen LogP contribution in [0.1, 0.15) is 0 Å². The number of carboxylic acid groups (broad SMARTS) is 1. The number of nitrogens with zero attached hydrogens (tertiary/aromatic N) is 1. The third kappa shape index (κ3) is 2.04. The van der Waals surface area contributed by atoms with Gasteiger partial charge in [0.05, 0.1) is 4.92 Å². The molecule has 0 heterocycles. The number of hydrogen-bond donors (Lipinski definition) is 1. The Kier molecular flexibility index (Phi) is 2.59. The van der Waals surface area contributed by atoms with Crippen LogP contribution in [0.15, 0.2) is 0 Å². The van der Waals surface area contributed by atoms with Crippen LogP contribution in [0, 0.1) is 10.1 Å². The van der Waals surface area contributed by atoms with E-state index in [2.05, 4.69) is 4.74 Å². The van der Waals surface area contributed by atoms with Gasteiger partial charge in [0.1, 0.15) is 0 Å². The summed E-state index contributed by atoms with van der Waals surface area (Å²) in [5, 5.41) is 17.6. The molecule has 0 rings (SSSR count). The molecule has 0 amide bonds. The van der Waals surface area contributed by atoms with E-state index in [0.29, 0.717) is 0 Å². The second-order valence-electron chi connectivity index (χ2n) is 1.21. The molecule has 52 valence electrons. The Bertz CT molecular complexity index is 118. The van der Waals surface area contributed by atoms with Crippen LogP contribution >= 0.6 is 0 Å². The van der Waals surface area contributed by atoms with Crippen LogP contribution in [0.4, 0.5) is 0 Å². The van der Waals surface area contributed by atoms with Gasteiger partial charge in [0.25, 0.3) is 0 Å².